The van der Waals surface area contributed by atoms with Crippen molar-refractivity contribution in [2.45, 2.75) is 52.2 Å². The van der Waals surface area contributed by atoms with Crippen molar-refractivity contribution >= 4 is 23.3 Å². The number of carbonyl (C=O) groups is 2. The summed E-state index contributed by atoms with van der Waals surface area (Å²) < 4.78 is 37.0. The van der Waals surface area contributed by atoms with Crippen molar-refractivity contribution < 1.29 is 32.9 Å². The number of fused-ring (bicyclic) bond motifs is 2. The average molecular weight is 542 g/mol. The van der Waals surface area contributed by atoms with Crippen LogP contribution < -0.4 is 19.1 Å². The molecule has 1 atom stereocenters. The zero-order valence-electron chi connectivity index (χ0n) is 23.6. The van der Waals surface area contributed by atoms with Crippen molar-refractivity contribution in [3.8, 4) is 17.2 Å². The molecular weight excluding hydrogens is 505 g/mol. The minimum Gasteiger partial charge on any atom is -0.493 e. The molecule has 210 valence electrons. The minimum atomic E-state index is -0.674. The second-order valence-electron chi connectivity index (χ2n) is 10.8. The number of likely N-dealkylation sites (N-methyl/N-ethyl adjacent to an activating group) is 1. The predicted octanol–water partition coefficient (Wildman–Crippen LogP) is 4.31. The van der Waals surface area contributed by atoms with Crippen LogP contribution in [0.2, 0.25) is 0 Å². The Labute approximate surface area is 228 Å². The lowest BCUT2D eigenvalue weighted by Gasteiger charge is -2.37. The zero-order valence-corrected chi connectivity index (χ0v) is 23.6. The number of carbonyl (C=O) groups excluding carboxylic acids is 2. The molecule has 0 bridgehead atoms. The van der Waals surface area contributed by atoms with E-state index < -0.39 is 5.82 Å². The molecule has 2 aliphatic rings. The van der Waals surface area contributed by atoms with Crippen molar-refractivity contribution in [3.63, 3.8) is 0 Å². The van der Waals surface area contributed by atoms with Gasteiger partial charge in [-0.1, -0.05) is 20.8 Å². The highest BCUT2D eigenvalue weighted by molar-refractivity contribution is 6.06. The summed E-state index contributed by atoms with van der Waals surface area (Å²) in [4.78, 5) is 29.2. The Morgan fingerprint density at radius 2 is 1.90 bits per heavy atom. The molecule has 0 fully saturated rings. The molecule has 0 aromatic heterocycles. The number of hydrogen-bond acceptors (Lipinski definition) is 8. The molecule has 2 aromatic rings. The molecule has 0 aliphatic carbocycles. The number of ketones is 1. The van der Waals surface area contributed by atoms with Crippen molar-refractivity contribution in [1.82, 2.24) is 4.90 Å². The summed E-state index contributed by atoms with van der Waals surface area (Å²) >= 11 is 0. The van der Waals surface area contributed by atoms with Gasteiger partial charge in [-0.25, -0.2) is 4.39 Å². The number of Topliss-reactive ketones (excluding diaryl/α,β-unsaturated/α-hetero) is 1. The van der Waals surface area contributed by atoms with E-state index in [4.69, 9.17) is 24.4 Å². The van der Waals surface area contributed by atoms with Crippen LogP contribution in [0.5, 0.6) is 17.2 Å². The van der Waals surface area contributed by atoms with E-state index >= 15 is 4.39 Å². The fourth-order valence-electron chi connectivity index (χ4n) is 5.08. The fourth-order valence-corrected chi connectivity index (χ4v) is 5.08. The summed E-state index contributed by atoms with van der Waals surface area (Å²) in [7, 11) is 4.67. The van der Waals surface area contributed by atoms with Crippen LogP contribution >= 0.6 is 0 Å². The first kappa shape index (κ1) is 28.2. The zero-order chi connectivity index (χ0) is 28.6. The first-order valence-electron chi connectivity index (χ1n) is 12.9. The molecule has 2 aromatic carbocycles. The Kier molecular flexibility index (Phi) is 7.77. The second kappa shape index (κ2) is 10.7. The van der Waals surface area contributed by atoms with Gasteiger partial charge in [-0.2, -0.15) is 0 Å². The molecule has 9 nitrogen and oxygen atoms in total. The molecule has 10 heteroatoms. The number of benzene rings is 2. The maximum Gasteiger partial charge on any atom is 0.309 e. The van der Waals surface area contributed by atoms with Crippen LogP contribution in [0, 0.1) is 11.2 Å². The third kappa shape index (κ3) is 5.37. The van der Waals surface area contributed by atoms with Gasteiger partial charge >= 0.3 is 5.97 Å². The number of nitrogens with zero attached hydrogens (tertiary/aromatic N) is 2. The van der Waals surface area contributed by atoms with Crippen LogP contribution in [0.4, 0.5) is 10.1 Å². The van der Waals surface area contributed by atoms with E-state index in [9.17, 15) is 9.59 Å². The predicted molar refractivity (Wildman–Crippen MR) is 145 cm³/mol. The number of hydrogen-bond donors (Lipinski definition) is 1. The molecule has 2 heterocycles. The van der Waals surface area contributed by atoms with Crippen molar-refractivity contribution in [3.05, 3.63) is 46.3 Å². The monoisotopic (exact) mass is 541 g/mol. The van der Waals surface area contributed by atoms with Gasteiger partial charge < -0.3 is 28.7 Å². The number of methoxy groups -OCH3 is 2. The van der Waals surface area contributed by atoms with Crippen molar-refractivity contribution in [2.24, 2.45) is 0 Å². The lowest BCUT2D eigenvalue weighted by Crippen LogP contribution is -2.40. The SMILES string of the molecule is CCOC(=O)CC1CN(C)c2cc(C(=O)CN3Cc4cc(OC)c(OC)c(F)c4C3=N)cc(C(C)(C)C)c2O1. The number of nitrogens with one attached hydrogen (secondary N) is 1. The maximum atomic E-state index is 15.2. The fraction of sp³-hybridized carbons (Fsp3) is 0.483. The topological polar surface area (TPSA) is 101 Å². The van der Waals surface area contributed by atoms with Crippen LogP contribution in [0.15, 0.2) is 18.2 Å². The molecule has 0 radical (unpaired) electrons. The smallest absolute Gasteiger partial charge is 0.309 e. The third-order valence-corrected chi connectivity index (χ3v) is 7.01. The van der Waals surface area contributed by atoms with E-state index in [0.29, 0.717) is 30.0 Å². The van der Waals surface area contributed by atoms with Gasteiger partial charge in [-0.15, -0.1) is 0 Å². The van der Waals surface area contributed by atoms with Gasteiger partial charge in [-0.3, -0.25) is 15.0 Å². The molecule has 0 spiro atoms. The largest absolute Gasteiger partial charge is 0.493 e. The maximum absolute atomic E-state index is 15.2. The van der Waals surface area contributed by atoms with Crippen molar-refractivity contribution in [1.29, 1.82) is 5.41 Å². The first-order chi connectivity index (χ1) is 18.4. The summed E-state index contributed by atoms with van der Waals surface area (Å²) in [6.45, 7) is 8.74. The third-order valence-electron chi connectivity index (χ3n) is 7.01. The Morgan fingerprint density at radius 3 is 2.51 bits per heavy atom. The summed E-state index contributed by atoms with van der Waals surface area (Å²) in [5.41, 5.74) is 2.37. The van der Waals surface area contributed by atoms with E-state index in [-0.39, 0.29) is 65.7 Å². The molecule has 0 saturated heterocycles. The highest BCUT2D eigenvalue weighted by Gasteiger charge is 2.35. The van der Waals surface area contributed by atoms with E-state index in [1.165, 1.54) is 14.2 Å². The van der Waals surface area contributed by atoms with Crippen molar-refractivity contribution in [2.75, 3.05) is 45.9 Å². The quantitative estimate of drug-likeness (QED) is 0.390. The minimum absolute atomic E-state index is 0.0667. The molecular formula is C29H36FN3O6. The molecule has 1 unspecified atom stereocenters. The number of esters is 1. The van der Waals surface area contributed by atoms with E-state index in [1.807, 2.05) is 38.8 Å². The molecule has 4 rings (SSSR count). The van der Waals surface area contributed by atoms with Gasteiger partial charge in [0.05, 0.1) is 51.6 Å². The van der Waals surface area contributed by atoms with E-state index in [0.717, 1.165) is 11.3 Å². The number of rotatable bonds is 8. The Hall–Kier alpha value is -3.82. The van der Waals surface area contributed by atoms with Gasteiger partial charge in [-0.05, 0) is 36.1 Å². The van der Waals surface area contributed by atoms with Gasteiger partial charge in [0.25, 0.3) is 0 Å². The standard InChI is InChI=1S/C29H36FN3O6/c1-8-38-23(35)12-18-14-32(5)20-10-16(9-19(26(20)39-18)29(2,3)4)21(34)15-33-13-17-11-22(36-6)27(37-7)25(30)24(17)28(33)31/h9-11,18,31H,8,12-15H2,1-7H3. The number of halogens is 1. The second-order valence-corrected chi connectivity index (χ2v) is 10.8. The van der Waals surface area contributed by atoms with Crippen LogP contribution in [0.25, 0.3) is 0 Å². The molecule has 2 aliphatic heterocycles. The number of anilines is 1. The average Bonchev–Trinajstić information content (AvgIpc) is 3.17. The summed E-state index contributed by atoms with van der Waals surface area (Å²) in [6, 6.07) is 5.25. The van der Waals surface area contributed by atoms with E-state index in [2.05, 4.69) is 0 Å². The van der Waals surface area contributed by atoms with E-state index in [1.54, 1.807) is 24.0 Å². The lowest BCUT2D eigenvalue weighted by atomic mass is 9.83. The normalized spacial score (nSPS) is 16.4. The molecule has 0 saturated carbocycles. The Morgan fingerprint density at radius 1 is 1.18 bits per heavy atom. The molecule has 0 amide bonds. The number of amidine groups is 1. The van der Waals surface area contributed by atoms with Gasteiger partial charge in [0, 0.05) is 24.7 Å². The van der Waals surface area contributed by atoms with Crippen LogP contribution in [0.1, 0.15) is 61.2 Å². The first-order valence-corrected chi connectivity index (χ1v) is 12.9. The Balaban J connectivity index is 1.62. The van der Waals surface area contributed by atoms with Gasteiger partial charge in [0.15, 0.2) is 23.1 Å². The summed E-state index contributed by atoms with van der Waals surface area (Å²) in [6.07, 6.45) is -0.247. The number of ether oxygens (including phenoxy) is 4. The lowest BCUT2D eigenvalue weighted by molar-refractivity contribution is -0.144. The van der Waals surface area contributed by atoms with Crippen LogP contribution in [-0.2, 0) is 21.5 Å². The van der Waals surface area contributed by atoms with Crippen LogP contribution in [0.3, 0.4) is 0 Å². The highest BCUT2D eigenvalue weighted by Crippen LogP contribution is 2.43. The van der Waals surface area contributed by atoms with Gasteiger partial charge in [0.2, 0.25) is 0 Å². The molecule has 39 heavy (non-hydrogen) atoms. The molecule has 1 N–H and O–H groups in total. The van der Waals surface area contributed by atoms with Crippen LogP contribution in [-0.4, -0.2) is 69.6 Å². The highest BCUT2D eigenvalue weighted by atomic mass is 19.1. The summed E-state index contributed by atoms with van der Waals surface area (Å²) in [5.74, 6) is -0.456. The Bertz CT molecular complexity index is 1320. The summed E-state index contributed by atoms with van der Waals surface area (Å²) in [5, 5.41) is 8.59. The van der Waals surface area contributed by atoms with Gasteiger partial charge in [0.1, 0.15) is 17.7 Å².